The van der Waals surface area contributed by atoms with Gasteiger partial charge >= 0.3 is 5.97 Å². The van der Waals surface area contributed by atoms with Crippen LogP contribution < -0.4 is 4.74 Å². The molecule has 0 aliphatic carbocycles. The summed E-state index contributed by atoms with van der Waals surface area (Å²) in [4.78, 5) is 23.4. The first-order valence-corrected chi connectivity index (χ1v) is 7.08. The van der Waals surface area contributed by atoms with Crippen molar-refractivity contribution >= 4 is 17.1 Å². The zero-order valence-corrected chi connectivity index (χ0v) is 12.8. The van der Waals surface area contributed by atoms with Crippen LogP contribution in [0.4, 0.5) is 0 Å². The Hall–Kier alpha value is -2.11. The molecule has 0 aliphatic rings. The second-order valence-electron chi connectivity index (χ2n) is 5.69. The maximum Gasteiger partial charge on any atom is 0.310 e. The molecule has 2 rings (SSSR count). The first kappa shape index (κ1) is 15.3. The molecule has 1 atom stereocenters. The minimum atomic E-state index is -0.864. The fourth-order valence-corrected chi connectivity index (χ4v) is 2.11. The van der Waals surface area contributed by atoms with Gasteiger partial charge in [-0.05, 0) is 25.8 Å². The van der Waals surface area contributed by atoms with Crippen molar-refractivity contribution in [3.8, 4) is 5.88 Å². The molecule has 2 heterocycles. The second-order valence-corrected chi connectivity index (χ2v) is 5.69. The summed E-state index contributed by atoms with van der Waals surface area (Å²) in [5.41, 5.74) is 0.466. The molecular formula is C15H21N3O3. The number of carboxylic acids is 1. The Morgan fingerprint density at radius 2 is 2.14 bits per heavy atom. The van der Waals surface area contributed by atoms with Gasteiger partial charge in [0.25, 0.3) is 0 Å². The molecule has 0 aromatic carbocycles. The molecule has 2 aromatic rings. The van der Waals surface area contributed by atoms with E-state index in [1.165, 1.54) is 0 Å². The molecular weight excluding hydrogens is 270 g/mol. The Labute approximate surface area is 123 Å². The molecule has 0 bridgehead atoms. The lowest BCUT2D eigenvalue weighted by Gasteiger charge is -2.27. The zero-order chi connectivity index (χ0) is 15.6. The monoisotopic (exact) mass is 291 g/mol. The van der Waals surface area contributed by atoms with E-state index in [2.05, 4.69) is 15.0 Å². The van der Waals surface area contributed by atoms with Gasteiger partial charge in [-0.3, -0.25) is 4.79 Å². The molecule has 0 aliphatic heterocycles. The normalized spacial score (nSPS) is 14.3. The predicted octanol–water partition coefficient (Wildman–Crippen LogP) is 2.65. The van der Waals surface area contributed by atoms with Gasteiger partial charge in [0.2, 0.25) is 5.88 Å². The maximum atomic E-state index is 11.5. The van der Waals surface area contributed by atoms with Crippen molar-refractivity contribution in [1.29, 1.82) is 0 Å². The molecule has 2 N–H and O–H groups in total. The third kappa shape index (κ3) is 2.99. The fraction of sp³-hybridized carbons (Fsp3) is 0.533. The van der Waals surface area contributed by atoms with Crippen molar-refractivity contribution < 1.29 is 14.6 Å². The van der Waals surface area contributed by atoms with Gasteiger partial charge in [0.15, 0.2) is 5.65 Å². The molecule has 1 unspecified atom stereocenters. The third-order valence-electron chi connectivity index (χ3n) is 3.96. The van der Waals surface area contributed by atoms with Crippen LogP contribution in [0.15, 0.2) is 12.1 Å². The van der Waals surface area contributed by atoms with E-state index in [9.17, 15) is 9.90 Å². The van der Waals surface area contributed by atoms with Gasteiger partial charge in [-0.1, -0.05) is 13.8 Å². The first-order valence-electron chi connectivity index (χ1n) is 7.08. The number of rotatable bonds is 6. The minimum Gasteiger partial charge on any atom is -0.481 e. The fourth-order valence-electron chi connectivity index (χ4n) is 2.11. The molecule has 114 valence electrons. The number of nitrogens with zero attached hydrogens (tertiary/aromatic N) is 2. The van der Waals surface area contributed by atoms with E-state index in [1.54, 1.807) is 13.0 Å². The molecule has 0 fully saturated rings. The Kier molecular flexibility index (Phi) is 4.16. The van der Waals surface area contributed by atoms with Crippen LogP contribution >= 0.6 is 0 Å². The average Bonchev–Trinajstić information content (AvgIpc) is 2.79. The largest absolute Gasteiger partial charge is 0.481 e. The van der Waals surface area contributed by atoms with E-state index < -0.39 is 11.4 Å². The van der Waals surface area contributed by atoms with Gasteiger partial charge in [0.1, 0.15) is 5.82 Å². The van der Waals surface area contributed by atoms with E-state index in [0.717, 1.165) is 5.52 Å². The number of carboxylic acid groups (broad SMARTS) is 1. The number of pyridine rings is 1. The van der Waals surface area contributed by atoms with Crippen molar-refractivity contribution in [3.63, 3.8) is 0 Å². The molecule has 6 nitrogen and oxygen atoms in total. The highest BCUT2D eigenvalue weighted by atomic mass is 16.5. The number of ether oxygens (including phenoxy) is 1. The topological polar surface area (TPSA) is 88.1 Å². The van der Waals surface area contributed by atoms with Crippen LogP contribution in [0.2, 0.25) is 0 Å². The lowest BCUT2D eigenvalue weighted by atomic mass is 9.76. The molecule has 0 amide bonds. The number of H-pyrrole nitrogens is 1. The Bertz CT molecular complexity index is 651. The Balaban J connectivity index is 2.32. The van der Waals surface area contributed by atoms with Crippen LogP contribution in [0.5, 0.6) is 5.88 Å². The molecule has 0 spiro atoms. The van der Waals surface area contributed by atoms with Gasteiger partial charge in [-0.2, -0.15) is 4.98 Å². The van der Waals surface area contributed by atoms with Gasteiger partial charge in [-0.25, -0.2) is 4.98 Å². The number of imidazole rings is 1. The highest BCUT2D eigenvalue weighted by molar-refractivity contribution is 5.75. The van der Waals surface area contributed by atoms with Crippen LogP contribution in [-0.4, -0.2) is 32.6 Å². The van der Waals surface area contributed by atoms with Gasteiger partial charge in [0.05, 0.1) is 17.5 Å². The molecule has 2 aromatic heterocycles. The van der Waals surface area contributed by atoms with Crippen LogP contribution in [0.3, 0.4) is 0 Å². The van der Waals surface area contributed by atoms with E-state index in [1.807, 2.05) is 26.8 Å². The van der Waals surface area contributed by atoms with Crippen molar-refractivity contribution in [2.24, 2.45) is 11.3 Å². The van der Waals surface area contributed by atoms with Crippen molar-refractivity contribution in [2.75, 3.05) is 6.61 Å². The number of hydrogen-bond acceptors (Lipinski definition) is 4. The van der Waals surface area contributed by atoms with Crippen LogP contribution in [0.25, 0.3) is 11.2 Å². The van der Waals surface area contributed by atoms with E-state index in [4.69, 9.17) is 4.74 Å². The van der Waals surface area contributed by atoms with Gasteiger partial charge in [0, 0.05) is 12.5 Å². The van der Waals surface area contributed by atoms with Crippen LogP contribution in [0, 0.1) is 11.3 Å². The summed E-state index contributed by atoms with van der Waals surface area (Å²) in [7, 11) is 0. The highest BCUT2D eigenvalue weighted by Gasteiger charge is 2.37. The molecule has 0 saturated heterocycles. The number of aromatic nitrogens is 3. The lowest BCUT2D eigenvalue weighted by Crippen LogP contribution is -2.35. The Morgan fingerprint density at radius 1 is 1.43 bits per heavy atom. The number of hydrogen-bond donors (Lipinski definition) is 2. The van der Waals surface area contributed by atoms with Crippen molar-refractivity contribution in [2.45, 2.75) is 34.1 Å². The predicted molar refractivity (Wildman–Crippen MR) is 79.3 cm³/mol. The minimum absolute atomic E-state index is 0.00448. The second kappa shape index (κ2) is 5.71. The van der Waals surface area contributed by atoms with Crippen LogP contribution in [0.1, 0.15) is 33.5 Å². The maximum absolute atomic E-state index is 11.5. The lowest BCUT2D eigenvalue weighted by molar-refractivity contribution is -0.150. The zero-order valence-electron chi connectivity index (χ0n) is 12.8. The third-order valence-corrected chi connectivity index (χ3v) is 3.96. The summed E-state index contributed by atoms with van der Waals surface area (Å²) >= 11 is 0. The average molecular weight is 291 g/mol. The summed E-state index contributed by atoms with van der Waals surface area (Å²) in [6.07, 6.45) is 0.334. The number of carbonyl (C=O) groups is 1. The summed E-state index contributed by atoms with van der Waals surface area (Å²) in [6, 6.07) is 3.62. The number of aliphatic carboxylic acids is 1. The molecule has 6 heteroatoms. The Morgan fingerprint density at radius 3 is 2.71 bits per heavy atom. The first-order chi connectivity index (χ1) is 9.86. The SMILES string of the molecule is CCOc1ccc2[nH]c(CC(C)(C(=O)O)C(C)C)nc2n1. The summed E-state index contributed by atoms with van der Waals surface area (Å²) < 4.78 is 5.34. The van der Waals surface area contributed by atoms with Gasteiger partial charge in [-0.15, -0.1) is 0 Å². The van der Waals surface area contributed by atoms with Crippen LogP contribution in [-0.2, 0) is 11.2 Å². The molecule has 0 radical (unpaired) electrons. The van der Waals surface area contributed by atoms with E-state index in [-0.39, 0.29) is 5.92 Å². The number of aromatic amines is 1. The number of fused-ring (bicyclic) bond motifs is 1. The van der Waals surface area contributed by atoms with Crippen molar-refractivity contribution in [3.05, 3.63) is 18.0 Å². The molecule has 21 heavy (non-hydrogen) atoms. The summed E-state index contributed by atoms with van der Waals surface area (Å²) in [5, 5.41) is 9.48. The smallest absolute Gasteiger partial charge is 0.310 e. The van der Waals surface area contributed by atoms with E-state index >= 15 is 0 Å². The van der Waals surface area contributed by atoms with Crippen molar-refractivity contribution in [1.82, 2.24) is 15.0 Å². The number of nitrogens with one attached hydrogen (secondary N) is 1. The van der Waals surface area contributed by atoms with E-state index in [0.29, 0.717) is 30.4 Å². The van der Waals surface area contributed by atoms with Gasteiger partial charge < -0.3 is 14.8 Å². The quantitative estimate of drug-likeness (QED) is 0.854. The standard InChI is InChI=1S/C15H21N3O3/c1-5-21-12-7-6-10-13(18-12)17-11(16-10)8-15(4,9(2)3)14(19)20/h6-7,9H,5,8H2,1-4H3,(H,19,20)(H,16,17,18). The molecule has 0 saturated carbocycles. The summed E-state index contributed by atoms with van der Waals surface area (Å²) in [5.74, 6) is 0.328. The highest BCUT2D eigenvalue weighted by Crippen LogP contribution is 2.31. The summed E-state index contributed by atoms with van der Waals surface area (Å²) in [6.45, 7) is 7.99.